The van der Waals surface area contributed by atoms with Crippen molar-refractivity contribution in [2.75, 3.05) is 33.0 Å². The minimum atomic E-state index is -1.76. The predicted octanol–water partition coefficient (Wildman–Crippen LogP) is -0.0712. The summed E-state index contributed by atoms with van der Waals surface area (Å²) >= 11 is -1.76. The van der Waals surface area contributed by atoms with E-state index in [1.165, 1.54) is 0 Å². The number of likely N-dealkylation sites (N-methyl/N-ethyl adjacent to an activating group) is 1. The fourth-order valence-electron chi connectivity index (χ4n) is 1.61. The molecule has 1 rings (SSSR count). The number of rotatable bonds is 3. The van der Waals surface area contributed by atoms with E-state index in [1.54, 1.807) is 7.11 Å². The van der Waals surface area contributed by atoms with Gasteiger partial charge in [0.2, 0.25) is 0 Å². The summed E-state index contributed by atoms with van der Waals surface area (Å²) in [5, 5.41) is 0. The van der Waals surface area contributed by atoms with Crippen LogP contribution in [0.25, 0.3) is 0 Å². The Morgan fingerprint density at radius 3 is 2.75 bits per heavy atom. The molecule has 2 atom stereocenters. The van der Waals surface area contributed by atoms with Crippen LogP contribution in [0.1, 0.15) is 6.42 Å². The molecule has 4 nitrogen and oxygen atoms in total. The highest BCUT2D eigenvalue weighted by molar-refractivity contribution is 7.79. The number of likely N-dealkylation sites (tertiary alicyclic amines) is 1. The largest absolute Gasteiger partial charge is 0.376 e. The highest BCUT2D eigenvalue weighted by Gasteiger charge is 2.38. The van der Waals surface area contributed by atoms with Gasteiger partial charge < -0.3 is 14.2 Å². The highest BCUT2D eigenvalue weighted by Crippen LogP contribution is 2.24. The van der Waals surface area contributed by atoms with E-state index in [-0.39, 0.29) is 5.75 Å². The molecule has 0 aliphatic carbocycles. The Morgan fingerprint density at radius 2 is 2.42 bits per heavy atom. The van der Waals surface area contributed by atoms with Crippen LogP contribution in [0.15, 0.2) is 0 Å². The lowest BCUT2D eigenvalue weighted by Gasteiger charge is -2.25. The molecule has 1 aliphatic heterocycles. The Labute approximate surface area is 75.2 Å². The van der Waals surface area contributed by atoms with E-state index in [2.05, 4.69) is 4.90 Å². The molecule has 0 aromatic carbocycles. The molecule has 0 spiro atoms. The standard InChI is InChI=1S/C7H15NO3S/c1-8-4-3-7(5-8,11-2)6-12(9)10/h3-6H2,1-2H3,(H,9,10). The van der Waals surface area contributed by atoms with Crippen LogP contribution in [0, 0.1) is 0 Å². The van der Waals surface area contributed by atoms with Gasteiger partial charge in [0.25, 0.3) is 0 Å². The molecule has 1 N–H and O–H groups in total. The van der Waals surface area contributed by atoms with Crippen molar-refractivity contribution >= 4 is 11.1 Å². The number of hydrogen-bond acceptors (Lipinski definition) is 3. The SMILES string of the molecule is COC1(CS(=O)O)CCN(C)C1. The molecule has 2 unspecified atom stereocenters. The first-order valence-electron chi connectivity index (χ1n) is 3.89. The normalized spacial score (nSPS) is 33.9. The average Bonchev–Trinajstić information content (AvgIpc) is 2.32. The lowest BCUT2D eigenvalue weighted by molar-refractivity contribution is 0.0195. The number of hydrogen-bond donors (Lipinski definition) is 1. The van der Waals surface area contributed by atoms with Gasteiger partial charge in [-0.2, -0.15) is 0 Å². The summed E-state index contributed by atoms with van der Waals surface area (Å²) in [6.07, 6.45) is 0.840. The van der Waals surface area contributed by atoms with Crippen LogP contribution in [0.5, 0.6) is 0 Å². The van der Waals surface area contributed by atoms with E-state index < -0.39 is 16.7 Å². The topological polar surface area (TPSA) is 49.8 Å². The van der Waals surface area contributed by atoms with Gasteiger partial charge in [0, 0.05) is 20.2 Å². The zero-order valence-corrected chi connectivity index (χ0v) is 8.26. The van der Waals surface area contributed by atoms with Crippen LogP contribution in [0.4, 0.5) is 0 Å². The molecule has 0 aromatic rings. The average molecular weight is 193 g/mol. The van der Waals surface area contributed by atoms with E-state index in [0.717, 1.165) is 19.5 Å². The maximum atomic E-state index is 10.6. The lowest BCUT2D eigenvalue weighted by Crippen LogP contribution is -2.39. The minimum absolute atomic E-state index is 0.216. The van der Waals surface area contributed by atoms with Gasteiger partial charge in [0.15, 0.2) is 11.1 Å². The Morgan fingerprint density at radius 1 is 1.75 bits per heavy atom. The van der Waals surface area contributed by atoms with Crippen LogP contribution in [0.3, 0.4) is 0 Å². The summed E-state index contributed by atoms with van der Waals surface area (Å²) in [6.45, 7) is 1.68. The van der Waals surface area contributed by atoms with Gasteiger partial charge >= 0.3 is 0 Å². The van der Waals surface area contributed by atoms with Gasteiger partial charge in [0.1, 0.15) is 0 Å². The van der Waals surface area contributed by atoms with Crippen molar-refractivity contribution in [1.82, 2.24) is 4.90 Å². The zero-order valence-electron chi connectivity index (χ0n) is 7.45. The highest BCUT2D eigenvalue weighted by atomic mass is 32.2. The molecule has 0 saturated carbocycles. The number of nitrogens with zero attached hydrogens (tertiary/aromatic N) is 1. The Kier molecular flexibility index (Phi) is 3.22. The smallest absolute Gasteiger partial charge is 0.155 e. The third kappa shape index (κ3) is 2.26. The van der Waals surface area contributed by atoms with Gasteiger partial charge in [-0.05, 0) is 13.5 Å². The van der Waals surface area contributed by atoms with E-state index in [4.69, 9.17) is 9.29 Å². The van der Waals surface area contributed by atoms with Gasteiger partial charge in [0.05, 0.1) is 11.4 Å². The van der Waals surface area contributed by atoms with Crippen molar-refractivity contribution in [2.45, 2.75) is 12.0 Å². The monoisotopic (exact) mass is 193 g/mol. The van der Waals surface area contributed by atoms with Crippen LogP contribution in [-0.2, 0) is 15.8 Å². The summed E-state index contributed by atoms with van der Waals surface area (Å²) in [5.74, 6) is 0.216. The molecule has 1 fully saturated rings. The molecular formula is C7H15NO3S. The van der Waals surface area contributed by atoms with Crippen LogP contribution >= 0.6 is 0 Å². The van der Waals surface area contributed by atoms with Crippen LogP contribution < -0.4 is 0 Å². The second-order valence-electron chi connectivity index (χ2n) is 3.34. The summed E-state index contributed by atoms with van der Waals surface area (Å²) in [4.78, 5) is 2.11. The van der Waals surface area contributed by atoms with Gasteiger partial charge in [-0.1, -0.05) is 0 Å². The molecule has 1 saturated heterocycles. The third-order valence-electron chi connectivity index (χ3n) is 2.33. The van der Waals surface area contributed by atoms with Crippen molar-refractivity contribution < 1.29 is 13.5 Å². The van der Waals surface area contributed by atoms with Gasteiger partial charge in [-0.15, -0.1) is 0 Å². The number of ether oxygens (including phenoxy) is 1. The Hall–Kier alpha value is 0.0300. The van der Waals surface area contributed by atoms with Crippen molar-refractivity contribution in [1.29, 1.82) is 0 Å². The second-order valence-corrected chi connectivity index (χ2v) is 4.27. The van der Waals surface area contributed by atoms with Gasteiger partial charge in [-0.25, -0.2) is 4.21 Å². The first kappa shape index (κ1) is 10.1. The maximum Gasteiger partial charge on any atom is 0.155 e. The minimum Gasteiger partial charge on any atom is -0.376 e. The third-order valence-corrected chi connectivity index (χ3v) is 3.10. The first-order valence-corrected chi connectivity index (χ1v) is 5.17. The van der Waals surface area contributed by atoms with Crippen LogP contribution in [-0.4, -0.2) is 52.3 Å². The second kappa shape index (κ2) is 3.83. The molecule has 5 heteroatoms. The van der Waals surface area contributed by atoms with E-state index in [1.807, 2.05) is 7.05 Å². The number of methoxy groups -OCH3 is 1. The fraction of sp³-hybridized carbons (Fsp3) is 1.00. The maximum absolute atomic E-state index is 10.6. The summed E-state index contributed by atoms with van der Waals surface area (Å²) in [6, 6.07) is 0. The van der Waals surface area contributed by atoms with Gasteiger partial charge in [-0.3, -0.25) is 0 Å². The van der Waals surface area contributed by atoms with Crippen molar-refractivity contribution in [3.05, 3.63) is 0 Å². The zero-order chi connectivity index (χ0) is 9.19. The van der Waals surface area contributed by atoms with Crippen molar-refractivity contribution in [3.8, 4) is 0 Å². The molecular weight excluding hydrogens is 178 g/mol. The van der Waals surface area contributed by atoms with Crippen molar-refractivity contribution in [3.63, 3.8) is 0 Å². The van der Waals surface area contributed by atoms with E-state index in [0.29, 0.717) is 0 Å². The molecule has 12 heavy (non-hydrogen) atoms. The van der Waals surface area contributed by atoms with Crippen LogP contribution in [0.2, 0.25) is 0 Å². The molecule has 1 heterocycles. The quantitative estimate of drug-likeness (QED) is 0.637. The Balaban J connectivity index is 2.58. The molecule has 0 bridgehead atoms. The first-order chi connectivity index (χ1) is 5.58. The summed E-state index contributed by atoms with van der Waals surface area (Å²) in [7, 11) is 3.59. The summed E-state index contributed by atoms with van der Waals surface area (Å²) < 4.78 is 24.7. The van der Waals surface area contributed by atoms with E-state index in [9.17, 15) is 4.21 Å². The fourth-order valence-corrected chi connectivity index (χ4v) is 2.42. The Bertz CT molecular complexity index is 187. The molecule has 72 valence electrons. The molecule has 0 radical (unpaired) electrons. The molecule has 0 amide bonds. The van der Waals surface area contributed by atoms with Crippen molar-refractivity contribution in [2.24, 2.45) is 0 Å². The molecule has 1 aliphatic rings. The van der Waals surface area contributed by atoms with E-state index >= 15 is 0 Å². The lowest BCUT2D eigenvalue weighted by atomic mass is 10.1. The molecule has 0 aromatic heterocycles. The summed E-state index contributed by atoms with van der Waals surface area (Å²) in [5.41, 5.74) is -0.394. The predicted molar refractivity (Wildman–Crippen MR) is 47.5 cm³/mol.